The molecule has 1 unspecified atom stereocenters. The molecule has 0 saturated carbocycles. The van der Waals surface area contributed by atoms with Gasteiger partial charge in [0.2, 0.25) is 0 Å². The molecule has 0 spiro atoms. The number of hydrogen-bond acceptors (Lipinski definition) is 3. The molecule has 1 heterocycles. The Labute approximate surface area is 160 Å². The lowest BCUT2D eigenvalue weighted by molar-refractivity contribution is -0.122. The molecule has 0 aromatic heterocycles. The standard InChI is InChI=1S/C21H25ClN2O2/c1-15-11-13-24(14-12-15)18-9-7-17(8-10-18)23-21(25)16(2)26-20-6-4-3-5-19(20)22/h3-10,15-16H,11-14H2,1-2H3,(H,23,25). The summed E-state index contributed by atoms with van der Waals surface area (Å²) in [4.78, 5) is 14.8. The first-order chi connectivity index (χ1) is 12.5. The minimum atomic E-state index is -0.641. The molecule has 1 saturated heterocycles. The fraction of sp³-hybridized carbons (Fsp3) is 0.381. The van der Waals surface area contributed by atoms with Gasteiger partial charge in [-0.25, -0.2) is 0 Å². The molecular weight excluding hydrogens is 348 g/mol. The molecule has 1 amide bonds. The fourth-order valence-electron chi connectivity index (χ4n) is 3.05. The normalized spacial score (nSPS) is 16.2. The number of carbonyl (C=O) groups is 1. The number of anilines is 2. The Bertz CT molecular complexity index is 740. The second kappa shape index (κ2) is 8.45. The number of benzene rings is 2. The molecule has 0 radical (unpaired) electrons. The lowest BCUT2D eigenvalue weighted by atomic mass is 9.99. The number of para-hydroxylation sites is 1. The van der Waals surface area contributed by atoms with E-state index in [1.54, 1.807) is 19.1 Å². The zero-order valence-corrected chi connectivity index (χ0v) is 16.0. The van der Waals surface area contributed by atoms with Gasteiger partial charge in [-0.2, -0.15) is 0 Å². The maximum atomic E-state index is 12.4. The van der Waals surface area contributed by atoms with Crippen LogP contribution in [0.1, 0.15) is 26.7 Å². The van der Waals surface area contributed by atoms with Crippen molar-refractivity contribution in [1.82, 2.24) is 0 Å². The summed E-state index contributed by atoms with van der Waals surface area (Å²) in [5.41, 5.74) is 1.97. The van der Waals surface area contributed by atoms with Crippen LogP contribution < -0.4 is 15.0 Å². The van der Waals surface area contributed by atoms with E-state index < -0.39 is 6.10 Å². The Morgan fingerprint density at radius 1 is 1.15 bits per heavy atom. The van der Waals surface area contributed by atoms with Gasteiger partial charge in [-0.3, -0.25) is 4.79 Å². The molecule has 3 rings (SSSR count). The third-order valence-electron chi connectivity index (χ3n) is 4.79. The third-order valence-corrected chi connectivity index (χ3v) is 5.11. The Morgan fingerprint density at radius 2 is 1.81 bits per heavy atom. The van der Waals surface area contributed by atoms with E-state index in [2.05, 4.69) is 29.3 Å². The summed E-state index contributed by atoms with van der Waals surface area (Å²) in [6.07, 6.45) is 1.82. The van der Waals surface area contributed by atoms with Crippen LogP contribution in [0.15, 0.2) is 48.5 Å². The average molecular weight is 373 g/mol. The van der Waals surface area contributed by atoms with Crippen molar-refractivity contribution in [2.75, 3.05) is 23.3 Å². The van der Waals surface area contributed by atoms with E-state index in [-0.39, 0.29) is 5.91 Å². The molecule has 1 aliphatic rings. The van der Waals surface area contributed by atoms with Crippen LogP contribution in [-0.2, 0) is 4.79 Å². The molecular formula is C21H25ClN2O2. The molecule has 138 valence electrons. The molecule has 1 fully saturated rings. The van der Waals surface area contributed by atoms with Crippen molar-refractivity contribution in [3.05, 3.63) is 53.6 Å². The number of amides is 1. The zero-order chi connectivity index (χ0) is 18.5. The first kappa shape index (κ1) is 18.6. The van der Waals surface area contributed by atoms with Gasteiger partial charge in [0.15, 0.2) is 6.10 Å². The van der Waals surface area contributed by atoms with Crippen molar-refractivity contribution >= 4 is 28.9 Å². The van der Waals surface area contributed by atoms with Crippen LogP contribution in [-0.4, -0.2) is 25.1 Å². The number of ether oxygens (including phenoxy) is 1. The molecule has 26 heavy (non-hydrogen) atoms. The molecule has 2 aromatic rings. The second-order valence-corrected chi connectivity index (χ2v) is 7.30. The van der Waals surface area contributed by atoms with Crippen molar-refractivity contribution in [3.8, 4) is 5.75 Å². The maximum Gasteiger partial charge on any atom is 0.265 e. The maximum absolute atomic E-state index is 12.4. The summed E-state index contributed by atoms with van der Waals surface area (Å²) in [7, 11) is 0. The first-order valence-electron chi connectivity index (χ1n) is 9.10. The van der Waals surface area contributed by atoms with Gasteiger partial charge in [-0.05, 0) is 62.1 Å². The van der Waals surface area contributed by atoms with E-state index in [1.165, 1.54) is 18.5 Å². The minimum Gasteiger partial charge on any atom is -0.479 e. The van der Waals surface area contributed by atoms with Crippen LogP contribution in [0.25, 0.3) is 0 Å². The summed E-state index contributed by atoms with van der Waals surface area (Å²) in [5, 5.41) is 3.39. The highest BCUT2D eigenvalue weighted by Crippen LogP contribution is 2.26. The number of hydrogen-bond donors (Lipinski definition) is 1. The van der Waals surface area contributed by atoms with Crippen molar-refractivity contribution in [3.63, 3.8) is 0 Å². The Morgan fingerprint density at radius 3 is 2.46 bits per heavy atom. The molecule has 2 aromatic carbocycles. The number of rotatable bonds is 5. The molecule has 0 aliphatic carbocycles. The number of piperidine rings is 1. The molecule has 1 aliphatic heterocycles. The fourth-order valence-corrected chi connectivity index (χ4v) is 3.23. The van der Waals surface area contributed by atoms with Gasteiger partial charge in [-0.1, -0.05) is 30.7 Å². The topological polar surface area (TPSA) is 41.6 Å². The number of carbonyl (C=O) groups excluding carboxylic acids is 1. The highest BCUT2D eigenvalue weighted by molar-refractivity contribution is 6.32. The Hall–Kier alpha value is -2.20. The molecule has 0 bridgehead atoms. The van der Waals surface area contributed by atoms with Crippen LogP contribution >= 0.6 is 11.6 Å². The minimum absolute atomic E-state index is 0.204. The number of nitrogens with zero attached hydrogens (tertiary/aromatic N) is 1. The van der Waals surface area contributed by atoms with Crippen molar-refractivity contribution in [2.24, 2.45) is 5.92 Å². The van der Waals surface area contributed by atoms with Gasteiger partial charge in [0, 0.05) is 24.5 Å². The summed E-state index contributed by atoms with van der Waals surface area (Å²) in [6.45, 7) is 6.20. The smallest absolute Gasteiger partial charge is 0.265 e. The van der Waals surface area contributed by atoms with Gasteiger partial charge in [0.1, 0.15) is 5.75 Å². The molecule has 1 atom stereocenters. The van der Waals surface area contributed by atoms with Crippen LogP contribution in [0.3, 0.4) is 0 Å². The summed E-state index contributed by atoms with van der Waals surface area (Å²) in [6, 6.07) is 15.1. The lowest BCUT2D eigenvalue weighted by Gasteiger charge is -2.32. The van der Waals surface area contributed by atoms with Gasteiger partial charge in [0.05, 0.1) is 5.02 Å². The zero-order valence-electron chi connectivity index (χ0n) is 15.2. The first-order valence-corrected chi connectivity index (χ1v) is 9.48. The highest BCUT2D eigenvalue weighted by Gasteiger charge is 2.18. The van der Waals surface area contributed by atoms with E-state index in [0.717, 1.165) is 24.7 Å². The average Bonchev–Trinajstić information content (AvgIpc) is 2.65. The van der Waals surface area contributed by atoms with Crippen LogP contribution in [0.5, 0.6) is 5.75 Å². The van der Waals surface area contributed by atoms with Gasteiger partial charge in [-0.15, -0.1) is 0 Å². The summed E-state index contributed by atoms with van der Waals surface area (Å²) >= 11 is 6.07. The monoisotopic (exact) mass is 372 g/mol. The van der Waals surface area contributed by atoms with Crippen LogP contribution in [0, 0.1) is 5.92 Å². The number of halogens is 1. The van der Waals surface area contributed by atoms with Crippen molar-refractivity contribution in [1.29, 1.82) is 0 Å². The van der Waals surface area contributed by atoms with Crippen molar-refractivity contribution in [2.45, 2.75) is 32.8 Å². The number of nitrogens with one attached hydrogen (secondary N) is 1. The Kier molecular flexibility index (Phi) is 6.04. The van der Waals surface area contributed by atoms with E-state index in [1.807, 2.05) is 24.3 Å². The third kappa shape index (κ3) is 4.70. The largest absolute Gasteiger partial charge is 0.479 e. The Balaban J connectivity index is 1.56. The molecule has 5 heteroatoms. The lowest BCUT2D eigenvalue weighted by Crippen LogP contribution is -2.32. The van der Waals surface area contributed by atoms with Gasteiger partial charge < -0.3 is 15.0 Å². The molecule has 4 nitrogen and oxygen atoms in total. The van der Waals surface area contributed by atoms with Gasteiger partial charge >= 0.3 is 0 Å². The van der Waals surface area contributed by atoms with Gasteiger partial charge in [0.25, 0.3) is 5.91 Å². The second-order valence-electron chi connectivity index (χ2n) is 6.90. The van der Waals surface area contributed by atoms with E-state index in [0.29, 0.717) is 10.8 Å². The van der Waals surface area contributed by atoms with E-state index in [9.17, 15) is 4.79 Å². The SMILES string of the molecule is CC1CCN(c2ccc(NC(=O)C(C)Oc3ccccc3Cl)cc2)CC1. The predicted molar refractivity (Wildman–Crippen MR) is 107 cm³/mol. The van der Waals surface area contributed by atoms with Crippen LogP contribution in [0.4, 0.5) is 11.4 Å². The highest BCUT2D eigenvalue weighted by atomic mass is 35.5. The van der Waals surface area contributed by atoms with Crippen molar-refractivity contribution < 1.29 is 9.53 Å². The van der Waals surface area contributed by atoms with Crippen LogP contribution in [0.2, 0.25) is 5.02 Å². The summed E-state index contributed by atoms with van der Waals surface area (Å²) in [5.74, 6) is 1.11. The van der Waals surface area contributed by atoms with E-state index >= 15 is 0 Å². The predicted octanol–water partition coefficient (Wildman–Crippen LogP) is 4.98. The quantitative estimate of drug-likeness (QED) is 0.804. The summed E-state index contributed by atoms with van der Waals surface area (Å²) < 4.78 is 5.66. The molecule has 1 N–H and O–H groups in total. The van der Waals surface area contributed by atoms with E-state index in [4.69, 9.17) is 16.3 Å².